The van der Waals surface area contributed by atoms with Gasteiger partial charge in [0.05, 0.1) is 12.7 Å². The lowest BCUT2D eigenvalue weighted by atomic mass is 10.2. The molecule has 0 spiro atoms. The number of rotatable bonds is 2. The molecule has 0 fully saturated rings. The predicted octanol–water partition coefficient (Wildman–Crippen LogP) is 1.42. The molecule has 79 valence electrons. The van der Waals surface area contributed by atoms with Gasteiger partial charge < -0.3 is 4.74 Å². The van der Waals surface area contributed by atoms with E-state index in [9.17, 15) is 14.0 Å². The van der Waals surface area contributed by atoms with Crippen LogP contribution in [0.25, 0.3) is 0 Å². The number of carbonyl (C=O) groups excluding carboxylic acids is 2. The third kappa shape index (κ3) is 2.49. The number of hydrogen-bond donors (Lipinski definition) is 1. The summed E-state index contributed by atoms with van der Waals surface area (Å²) in [5.74, 6) is -1.98. The molecule has 15 heavy (non-hydrogen) atoms. The minimum absolute atomic E-state index is 0.239. The van der Waals surface area contributed by atoms with Crippen molar-refractivity contribution in [3.05, 3.63) is 30.6 Å². The second-order valence-electron chi connectivity index (χ2n) is 2.56. The van der Waals surface area contributed by atoms with Crippen molar-refractivity contribution in [2.24, 2.45) is 0 Å². The SMILES string of the molecule is [CH2]C(=O)c1ccnc(NC(=O)OC)c1F. The third-order valence-electron chi connectivity index (χ3n) is 1.60. The Morgan fingerprint density at radius 3 is 2.80 bits per heavy atom. The molecule has 0 unspecified atom stereocenters. The van der Waals surface area contributed by atoms with Crippen molar-refractivity contribution in [2.45, 2.75) is 0 Å². The lowest BCUT2D eigenvalue weighted by Gasteiger charge is -2.05. The lowest BCUT2D eigenvalue weighted by molar-refractivity contribution is 0.104. The van der Waals surface area contributed by atoms with Gasteiger partial charge in [0.2, 0.25) is 0 Å². The van der Waals surface area contributed by atoms with Gasteiger partial charge in [0.25, 0.3) is 0 Å². The van der Waals surface area contributed by atoms with Crippen molar-refractivity contribution >= 4 is 17.7 Å². The Morgan fingerprint density at radius 2 is 2.27 bits per heavy atom. The minimum atomic E-state index is -0.928. The zero-order valence-corrected chi connectivity index (χ0v) is 7.91. The van der Waals surface area contributed by atoms with Gasteiger partial charge in [0, 0.05) is 13.1 Å². The molecule has 0 aliphatic heterocycles. The van der Waals surface area contributed by atoms with Crippen LogP contribution in [0.2, 0.25) is 0 Å². The molecule has 0 aliphatic rings. The van der Waals surface area contributed by atoms with Gasteiger partial charge in [-0.3, -0.25) is 10.1 Å². The molecule has 1 aromatic rings. The molecule has 0 atom stereocenters. The summed E-state index contributed by atoms with van der Waals surface area (Å²) in [5.41, 5.74) is -0.239. The molecule has 0 aromatic carbocycles. The first kappa shape index (κ1) is 11.1. The van der Waals surface area contributed by atoms with E-state index in [2.05, 4.69) is 16.6 Å². The zero-order chi connectivity index (χ0) is 11.4. The van der Waals surface area contributed by atoms with Crippen molar-refractivity contribution in [3.8, 4) is 0 Å². The van der Waals surface area contributed by atoms with Crippen LogP contribution in [0, 0.1) is 12.7 Å². The monoisotopic (exact) mass is 211 g/mol. The molecule has 6 heteroatoms. The first-order valence-electron chi connectivity index (χ1n) is 3.92. The summed E-state index contributed by atoms with van der Waals surface area (Å²) in [4.78, 5) is 25.2. The maximum atomic E-state index is 13.4. The van der Waals surface area contributed by atoms with Crippen LogP contribution in [0.4, 0.5) is 15.0 Å². The predicted molar refractivity (Wildman–Crippen MR) is 49.9 cm³/mol. The lowest BCUT2D eigenvalue weighted by Crippen LogP contribution is -2.14. The topological polar surface area (TPSA) is 68.3 Å². The van der Waals surface area contributed by atoms with E-state index in [1.165, 1.54) is 12.3 Å². The number of ketones is 1. The number of anilines is 1. The molecule has 0 aliphatic carbocycles. The maximum absolute atomic E-state index is 13.4. The van der Waals surface area contributed by atoms with Crippen molar-refractivity contribution in [1.29, 1.82) is 0 Å². The van der Waals surface area contributed by atoms with Crippen LogP contribution in [0.3, 0.4) is 0 Å². The zero-order valence-electron chi connectivity index (χ0n) is 7.91. The van der Waals surface area contributed by atoms with Gasteiger partial charge in [-0.2, -0.15) is 0 Å². The van der Waals surface area contributed by atoms with E-state index in [4.69, 9.17) is 0 Å². The van der Waals surface area contributed by atoms with Crippen LogP contribution in [-0.2, 0) is 4.74 Å². The number of nitrogens with zero attached hydrogens (tertiary/aromatic N) is 1. The summed E-state index contributed by atoms with van der Waals surface area (Å²) < 4.78 is 17.7. The summed E-state index contributed by atoms with van der Waals surface area (Å²) in [6.07, 6.45) is 0.322. The molecule has 1 heterocycles. The van der Waals surface area contributed by atoms with Crippen LogP contribution < -0.4 is 5.32 Å². The number of methoxy groups -OCH3 is 1. The summed E-state index contributed by atoms with van der Waals surface area (Å²) in [7, 11) is 1.13. The fourth-order valence-electron chi connectivity index (χ4n) is 0.894. The number of nitrogens with one attached hydrogen (secondary N) is 1. The normalized spacial score (nSPS) is 9.53. The van der Waals surface area contributed by atoms with Gasteiger partial charge in [-0.1, -0.05) is 0 Å². The number of ether oxygens (including phenoxy) is 1. The second kappa shape index (κ2) is 4.50. The highest BCUT2D eigenvalue weighted by Crippen LogP contribution is 2.15. The first-order chi connectivity index (χ1) is 7.06. The molecule has 1 amide bonds. The standard InChI is InChI=1S/C9H8FN2O3/c1-5(13)6-3-4-11-8(7(6)10)12-9(14)15-2/h3-4H,1H2,2H3,(H,11,12,14). The van der Waals surface area contributed by atoms with Gasteiger partial charge in [0.15, 0.2) is 17.4 Å². The Labute approximate surface area is 85.3 Å². The molecular weight excluding hydrogens is 203 g/mol. The van der Waals surface area contributed by atoms with Gasteiger partial charge in [-0.15, -0.1) is 0 Å². The van der Waals surface area contributed by atoms with Crippen molar-refractivity contribution in [2.75, 3.05) is 12.4 Å². The molecular formula is C9H8FN2O3. The van der Waals surface area contributed by atoms with Crippen LogP contribution in [0.15, 0.2) is 12.3 Å². The Balaban J connectivity index is 3.04. The number of aromatic nitrogens is 1. The molecule has 1 radical (unpaired) electrons. The molecule has 1 N–H and O–H groups in total. The Kier molecular flexibility index (Phi) is 3.33. The van der Waals surface area contributed by atoms with Gasteiger partial charge in [-0.05, 0) is 6.07 Å². The molecule has 0 bridgehead atoms. The highest BCUT2D eigenvalue weighted by Gasteiger charge is 2.14. The minimum Gasteiger partial charge on any atom is -0.453 e. The summed E-state index contributed by atoms with van der Waals surface area (Å²) in [6.45, 7) is 3.06. The Morgan fingerprint density at radius 1 is 1.60 bits per heavy atom. The summed E-state index contributed by atoms with van der Waals surface area (Å²) >= 11 is 0. The highest BCUT2D eigenvalue weighted by molar-refractivity contribution is 6.00. The van der Waals surface area contributed by atoms with Crippen molar-refractivity contribution < 1.29 is 18.7 Å². The fraction of sp³-hybridized carbons (Fsp3) is 0.111. The molecule has 1 aromatic heterocycles. The van der Waals surface area contributed by atoms with E-state index in [1.54, 1.807) is 0 Å². The molecule has 1 rings (SSSR count). The molecule has 5 nitrogen and oxygen atoms in total. The van der Waals surface area contributed by atoms with Gasteiger partial charge >= 0.3 is 6.09 Å². The highest BCUT2D eigenvalue weighted by atomic mass is 19.1. The Hall–Kier alpha value is -1.98. The summed E-state index contributed by atoms with van der Waals surface area (Å²) in [5, 5.41) is 2.03. The number of amides is 1. The van der Waals surface area contributed by atoms with E-state index >= 15 is 0 Å². The van der Waals surface area contributed by atoms with E-state index in [1.807, 2.05) is 5.32 Å². The smallest absolute Gasteiger partial charge is 0.412 e. The number of Topliss-reactive ketones (excluding diaryl/α,β-unsaturated/α-hetero) is 1. The number of carbonyl (C=O) groups is 2. The van der Waals surface area contributed by atoms with Gasteiger partial charge in [0.1, 0.15) is 0 Å². The van der Waals surface area contributed by atoms with E-state index < -0.39 is 17.7 Å². The first-order valence-corrected chi connectivity index (χ1v) is 3.92. The van der Waals surface area contributed by atoms with Crippen LogP contribution in [0.5, 0.6) is 0 Å². The fourth-order valence-corrected chi connectivity index (χ4v) is 0.894. The van der Waals surface area contributed by atoms with Gasteiger partial charge in [-0.25, -0.2) is 14.2 Å². The van der Waals surface area contributed by atoms with Crippen molar-refractivity contribution in [3.63, 3.8) is 0 Å². The third-order valence-corrected chi connectivity index (χ3v) is 1.60. The van der Waals surface area contributed by atoms with Crippen LogP contribution >= 0.6 is 0 Å². The number of hydrogen-bond acceptors (Lipinski definition) is 4. The molecule has 0 saturated heterocycles. The van der Waals surface area contributed by atoms with E-state index in [0.29, 0.717) is 0 Å². The van der Waals surface area contributed by atoms with Crippen LogP contribution in [0.1, 0.15) is 10.4 Å². The molecule has 0 saturated carbocycles. The van der Waals surface area contributed by atoms with Crippen molar-refractivity contribution in [1.82, 2.24) is 4.98 Å². The average Bonchev–Trinajstić information content (AvgIpc) is 2.20. The number of pyridine rings is 1. The quantitative estimate of drug-likeness (QED) is 0.751. The van der Waals surface area contributed by atoms with Crippen LogP contribution in [-0.4, -0.2) is 24.0 Å². The van der Waals surface area contributed by atoms with E-state index in [-0.39, 0.29) is 11.4 Å². The summed E-state index contributed by atoms with van der Waals surface area (Å²) in [6, 6.07) is 1.17. The largest absolute Gasteiger partial charge is 0.453 e. The maximum Gasteiger partial charge on any atom is 0.412 e. The second-order valence-corrected chi connectivity index (χ2v) is 2.56. The Bertz CT molecular complexity index is 406. The number of halogens is 1. The average molecular weight is 211 g/mol. The van der Waals surface area contributed by atoms with E-state index in [0.717, 1.165) is 7.11 Å².